The van der Waals surface area contributed by atoms with Crippen molar-refractivity contribution in [2.24, 2.45) is 5.92 Å². The first-order valence-corrected chi connectivity index (χ1v) is 5.18. The predicted octanol–water partition coefficient (Wildman–Crippen LogP) is 2.31. The fourth-order valence-electron chi connectivity index (χ4n) is 1.24. The van der Waals surface area contributed by atoms with E-state index in [2.05, 4.69) is 12.2 Å². The van der Waals surface area contributed by atoms with Crippen molar-refractivity contribution in [3.05, 3.63) is 0 Å². The van der Waals surface area contributed by atoms with Gasteiger partial charge in [-0.25, -0.2) is 4.79 Å². The van der Waals surface area contributed by atoms with Gasteiger partial charge in [-0.1, -0.05) is 13.3 Å². The molecule has 0 spiro atoms. The largest absolute Gasteiger partial charge is 0.446 e. The zero-order valence-electron chi connectivity index (χ0n) is 8.51. The van der Waals surface area contributed by atoms with Crippen LogP contribution in [-0.2, 0) is 4.74 Å². The van der Waals surface area contributed by atoms with Gasteiger partial charge in [-0.15, -0.1) is 0 Å². The van der Waals surface area contributed by atoms with Gasteiger partial charge in [-0.2, -0.15) is 0 Å². The monoisotopic (exact) mass is 185 g/mol. The number of hydrogen-bond donors (Lipinski definition) is 1. The number of hydrogen-bond acceptors (Lipinski definition) is 2. The van der Waals surface area contributed by atoms with Crippen LogP contribution in [0, 0.1) is 5.92 Å². The van der Waals surface area contributed by atoms with E-state index >= 15 is 0 Å². The first-order valence-electron chi connectivity index (χ1n) is 5.18. The predicted molar refractivity (Wildman–Crippen MR) is 51.6 cm³/mol. The number of nitrogens with one attached hydrogen (secondary N) is 1. The lowest BCUT2D eigenvalue weighted by Gasteiger charge is -2.12. The van der Waals surface area contributed by atoms with E-state index in [0.29, 0.717) is 5.92 Å². The van der Waals surface area contributed by atoms with E-state index in [9.17, 15) is 4.79 Å². The highest BCUT2D eigenvalue weighted by Crippen LogP contribution is 2.33. The summed E-state index contributed by atoms with van der Waals surface area (Å²) in [5.74, 6) is 0.622. The van der Waals surface area contributed by atoms with Crippen LogP contribution in [0.4, 0.5) is 4.79 Å². The molecule has 3 nitrogen and oxygen atoms in total. The van der Waals surface area contributed by atoms with Crippen molar-refractivity contribution >= 4 is 6.09 Å². The Kier molecular flexibility index (Phi) is 4.06. The molecule has 13 heavy (non-hydrogen) atoms. The van der Waals surface area contributed by atoms with Crippen molar-refractivity contribution < 1.29 is 9.53 Å². The van der Waals surface area contributed by atoms with E-state index in [1.165, 1.54) is 12.8 Å². The minimum Gasteiger partial charge on any atom is -0.446 e. The molecular weight excluding hydrogens is 166 g/mol. The Morgan fingerprint density at radius 3 is 2.85 bits per heavy atom. The molecule has 76 valence electrons. The van der Waals surface area contributed by atoms with Crippen molar-refractivity contribution in [3.63, 3.8) is 0 Å². The Hall–Kier alpha value is -0.730. The number of alkyl carbamates (subject to hydrolysis) is 1. The topological polar surface area (TPSA) is 38.3 Å². The summed E-state index contributed by atoms with van der Waals surface area (Å²) in [5.41, 5.74) is 0. The molecule has 1 fully saturated rings. The maximum Gasteiger partial charge on any atom is 0.407 e. The Balaban J connectivity index is 2.02. The molecular formula is C10H19NO2. The van der Waals surface area contributed by atoms with Gasteiger partial charge < -0.3 is 10.1 Å². The summed E-state index contributed by atoms with van der Waals surface area (Å²) in [7, 11) is 0. The molecule has 1 N–H and O–H groups in total. The highest BCUT2D eigenvalue weighted by Gasteiger charge is 2.30. The van der Waals surface area contributed by atoms with Crippen molar-refractivity contribution in [2.45, 2.75) is 45.6 Å². The smallest absolute Gasteiger partial charge is 0.407 e. The summed E-state index contributed by atoms with van der Waals surface area (Å²) in [5, 5.41) is 2.74. The van der Waals surface area contributed by atoms with E-state index in [4.69, 9.17) is 4.74 Å². The number of rotatable bonds is 5. The van der Waals surface area contributed by atoms with Crippen LogP contribution in [0.5, 0.6) is 0 Å². The minimum absolute atomic E-state index is 0.0987. The van der Waals surface area contributed by atoms with Gasteiger partial charge in [0, 0.05) is 6.54 Å². The van der Waals surface area contributed by atoms with Crippen molar-refractivity contribution in [3.8, 4) is 0 Å². The van der Waals surface area contributed by atoms with Crippen LogP contribution in [0.25, 0.3) is 0 Å². The second-order valence-corrected chi connectivity index (χ2v) is 3.73. The summed E-state index contributed by atoms with van der Waals surface area (Å²) in [6.45, 7) is 4.80. The van der Waals surface area contributed by atoms with Crippen LogP contribution < -0.4 is 5.32 Å². The maximum atomic E-state index is 11.1. The van der Waals surface area contributed by atoms with E-state index in [-0.39, 0.29) is 12.2 Å². The molecule has 0 aliphatic heterocycles. The molecule has 1 rings (SSSR count). The normalized spacial score (nSPS) is 18.0. The lowest BCUT2D eigenvalue weighted by Crippen LogP contribution is -2.29. The number of amides is 1. The van der Waals surface area contributed by atoms with Gasteiger partial charge in [0.25, 0.3) is 0 Å². The van der Waals surface area contributed by atoms with E-state index < -0.39 is 0 Å². The third-order valence-corrected chi connectivity index (χ3v) is 2.38. The van der Waals surface area contributed by atoms with Gasteiger partial charge in [-0.05, 0) is 32.1 Å². The number of carbonyl (C=O) groups excluding carboxylic acids is 1. The first-order chi connectivity index (χ1) is 6.24. The fourth-order valence-corrected chi connectivity index (χ4v) is 1.24. The van der Waals surface area contributed by atoms with Crippen molar-refractivity contribution in [2.75, 3.05) is 6.54 Å². The average Bonchev–Trinajstić information content (AvgIpc) is 2.86. The molecule has 1 saturated carbocycles. The summed E-state index contributed by atoms with van der Waals surface area (Å²) in [4.78, 5) is 11.1. The Labute approximate surface area is 79.8 Å². The van der Waals surface area contributed by atoms with Crippen LogP contribution in [0.2, 0.25) is 0 Å². The minimum atomic E-state index is -0.257. The SMILES string of the molecule is CCCCNC(=O)OC(C)C1CC1. The number of carbonyl (C=O) groups is 1. The first kappa shape index (κ1) is 10.4. The standard InChI is InChI=1S/C10H19NO2/c1-3-4-7-11-10(12)13-8(2)9-5-6-9/h8-9H,3-7H2,1-2H3,(H,11,12). The third kappa shape index (κ3) is 4.15. The molecule has 0 aromatic rings. The van der Waals surface area contributed by atoms with Crippen molar-refractivity contribution in [1.82, 2.24) is 5.32 Å². The van der Waals surface area contributed by atoms with Gasteiger partial charge in [0.15, 0.2) is 0 Å². The Morgan fingerprint density at radius 2 is 2.31 bits per heavy atom. The summed E-state index contributed by atoms with van der Waals surface area (Å²) in [6, 6.07) is 0. The fraction of sp³-hybridized carbons (Fsp3) is 0.900. The highest BCUT2D eigenvalue weighted by atomic mass is 16.6. The molecule has 1 aliphatic rings. The summed E-state index contributed by atoms with van der Waals surface area (Å²) >= 11 is 0. The molecule has 0 heterocycles. The Morgan fingerprint density at radius 1 is 1.62 bits per heavy atom. The van der Waals surface area contributed by atoms with E-state index in [0.717, 1.165) is 19.4 Å². The summed E-state index contributed by atoms with van der Waals surface area (Å²) in [6.07, 6.45) is 4.38. The zero-order valence-corrected chi connectivity index (χ0v) is 8.51. The van der Waals surface area contributed by atoms with Crippen LogP contribution in [0.15, 0.2) is 0 Å². The van der Waals surface area contributed by atoms with Gasteiger partial charge in [-0.3, -0.25) is 0 Å². The second kappa shape index (κ2) is 5.10. The maximum absolute atomic E-state index is 11.1. The highest BCUT2D eigenvalue weighted by molar-refractivity contribution is 5.67. The molecule has 0 radical (unpaired) electrons. The quantitative estimate of drug-likeness (QED) is 0.667. The van der Waals surface area contributed by atoms with Gasteiger partial charge >= 0.3 is 6.09 Å². The van der Waals surface area contributed by atoms with Crippen LogP contribution in [0.1, 0.15) is 39.5 Å². The van der Waals surface area contributed by atoms with Crippen LogP contribution >= 0.6 is 0 Å². The average molecular weight is 185 g/mol. The van der Waals surface area contributed by atoms with E-state index in [1.807, 2.05) is 6.92 Å². The van der Waals surface area contributed by atoms with Crippen LogP contribution in [-0.4, -0.2) is 18.7 Å². The van der Waals surface area contributed by atoms with Crippen molar-refractivity contribution in [1.29, 1.82) is 0 Å². The second-order valence-electron chi connectivity index (χ2n) is 3.73. The molecule has 0 aromatic carbocycles. The van der Waals surface area contributed by atoms with Gasteiger partial charge in [0.05, 0.1) is 0 Å². The van der Waals surface area contributed by atoms with Gasteiger partial charge in [0.1, 0.15) is 6.10 Å². The molecule has 1 atom stereocenters. The lowest BCUT2D eigenvalue weighted by atomic mass is 10.3. The molecule has 0 bridgehead atoms. The van der Waals surface area contributed by atoms with Crippen LogP contribution in [0.3, 0.4) is 0 Å². The zero-order chi connectivity index (χ0) is 9.68. The molecule has 0 saturated heterocycles. The molecule has 0 aromatic heterocycles. The molecule has 1 unspecified atom stereocenters. The lowest BCUT2D eigenvalue weighted by molar-refractivity contribution is 0.0954. The molecule has 1 amide bonds. The molecule has 3 heteroatoms. The Bertz CT molecular complexity index is 166. The molecule has 1 aliphatic carbocycles. The summed E-state index contributed by atoms with van der Waals surface area (Å²) < 4.78 is 5.17. The number of unbranched alkanes of at least 4 members (excludes halogenated alkanes) is 1. The number of ether oxygens (including phenoxy) is 1. The van der Waals surface area contributed by atoms with Gasteiger partial charge in [0.2, 0.25) is 0 Å². The third-order valence-electron chi connectivity index (χ3n) is 2.38. The van der Waals surface area contributed by atoms with E-state index in [1.54, 1.807) is 0 Å².